The Hall–Kier alpha value is -4.67. The highest BCUT2D eigenvalue weighted by molar-refractivity contribution is 8.33. The molecule has 0 fully saturated rings. The molecule has 0 bridgehead atoms. The van der Waals surface area contributed by atoms with Gasteiger partial charge in [-0.2, -0.15) is 10.0 Å². The number of hydrogen-bond donors (Lipinski definition) is 0. The third kappa shape index (κ3) is 4.18. The van der Waals surface area contributed by atoms with Crippen LogP contribution >= 0.6 is 10.0 Å². The highest BCUT2D eigenvalue weighted by Gasteiger charge is 2.33. The Morgan fingerprint density at radius 3 is 1.60 bits per heavy atom. The van der Waals surface area contributed by atoms with E-state index in [2.05, 4.69) is 133 Å². The van der Waals surface area contributed by atoms with Crippen molar-refractivity contribution < 1.29 is 0 Å². The molecular formula is C36H29N3S. The molecule has 40 heavy (non-hydrogen) atoms. The van der Waals surface area contributed by atoms with Crippen molar-refractivity contribution in [2.75, 3.05) is 17.4 Å². The summed E-state index contributed by atoms with van der Waals surface area (Å²) in [5, 5.41) is 0. The Morgan fingerprint density at radius 2 is 0.975 bits per heavy atom. The molecule has 2 heterocycles. The third-order valence-electron chi connectivity index (χ3n) is 7.54. The predicted molar refractivity (Wildman–Crippen MR) is 169 cm³/mol. The number of anilines is 3. The van der Waals surface area contributed by atoms with E-state index in [1.54, 1.807) is 0 Å². The largest absolute Gasteiger partial charge is 0.308 e. The average Bonchev–Trinajstić information content (AvgIpc) is 3.02. The summed E-state index contributed by atoms with van der Waals surface area (Å²) in [4.78, 5) is 15.3. The van der Waals surface area contributed by atoms with Gasteiger partial charge in [0.05, 0.1) is 22.8 Å². The zero-order valence-corrected chi connectivity index (χ0v) is 23.3. The summed E-state index contributed by atoms with van der Waals surface area (Å²) in [6.07, 6.45) is 4.80. The van der Waals surface area contributed by atoms with Gasteiger partial charge >= 0.3 is 0 Å². The van der Waals surface area contributed by atoms with E-state index in [9.17, 15) is 0 Å². The number of nitrogens with zero attached hydrogens (tertiary/aromatic N) is 3. The van der Waals surface area contributed by atoms with Crippen molar-refractivity contribution in [1.82, 2.24) is 9.97 Å². The van der Waals surface area contributed by atoms with E-state index in [0.29, 0.717) is 0 Å². The minimum absolute atomic E-state index is 0.723. The maximum atomic E-state index is 5.07. The van der Waals surface area contributed by atoms with Crippen LogP contribution in [0.1, 0.15) is 0 Å². The lowest BCUT2D eigenvalue weighted by Crippen LogP contribution is -2.19. The monoisotopic (exact) mass is 535 g/mol. The van der Waals surface area contributed by atoms with Crippen LogP contribution in [-0.2, 0) is 0 Å². The van der Waals surface area contributed by atoms with Gasteiger partial charge in [-0.15, -0.1) is 0 Å². The van der Waals surface area contributed by atoms with Gasteiger partial charge in [-0.05, 0) is 55.0 Å². The lowest BCUT2D eigenvalue weighted by atomic mass is 10.1. The van der Waals surface area contributed by atoms with Crippen molar-refractivity contribution in [2.24, 2.45) is 0 Å². The maximum Gasteiger partial charge on any atom is 0.160 e. The van der Waals surface area contributed by atoms with Gasteiger partial charge in [-0.1, -0.05) is 97.1 Å². The van der Waals surface area contributed by atoms with Gasteiger partial charge < -0.3 is 4.90 Å². The quantitative estimate of drug-likeness (QED) is 0.225. The van der Waals surface area contributed by atoms with Gasteiger partial charge in [0.15, 0.2) is 5.82 Å². The Kier molecular flexibility index (Phi) is 5.98. The summed E-state index contributed by atoms with van der Waals surface area (Å²) < 4.78 is 0. The standard InChI is InChI=1S/C36H29N3S/c1-40(2)34-22-11-9-20-32(34)39(33-21-10-12-23-35(33)40)29-19-13-18-28(24-29)31-25-30(26-14-5-3-6-15-26)37-36(38-31)27-16-7-4-8-17-27/h3-25H,1-2H3. The van der Waals surface area contributed by atoms with Gasteiger partial charge in [-0.25, -0.2) is 9.97 Å². The van der Waals surface area contributed by atoms with Crippen molar-refractivity contribution in [3.63, 3.8) is 0 Å². The van der Waals surface area contributed by atoms with Crippen LogP contribution in [0.5, 0.6) is 0 Å². The molecule has 0 atom stereocenters. The molecule has 0 radical (unpaired) electrons. The molecule has 0 N–H and O–H groups in total. The first-order valence-electron chi connectivity index (χ1n) is 13.4. The molecule has 0 amide bonds. The SMILES string of the molecule is CS1(C)c2ccccc2N(c2cccc(-c3cc(-c4ccccc4)nc(-c4ccccc4)n3)c2)c2ccccc21. The Morgan fingerprint density at radius 1 is 0.475 bits per heavy atom. The van der Waals surface area contributed by atoms with Gasteiger partial charge in [0, 0.05) is 32.2 Å². The zero-order chi connectivity index (χ0) is 27.1. The second-order valence-corrected chi connectivity index (χ2v) is 13.9. The molecule has 1 aliphatic rings. The molecule has 0 unspecified atom stereocenters. The molecule has 0 saturated heterocycles. The predicted octanol–water partition coefficient (Wildman–Crippen LogP) is 9.74. The van der Waals surface area contributed by atoms with E-state index in [1.165, 1.54) is 21.2 Å². The van der Waals surface area contributed by atoms with E-state index in [4.69, 9.17) is 9.97 Å². The molecule has 4 heteroatoms. The van der Waals surface area contributed by atoms with Crippen LogP contribution in [-0.4, -0.2) is 22.5 Å². The number of rotatable bonds is 4. The van der Waals surface area contributed by atoms with Gasteiger partial charge in [-0.3, -0.25) is 0 Å². The molecule has 0 saturated carbocycles. The van der Waals surface area contributed by atoms with E-state index < -0.39 is 10.0 Å². The number of hydrogen-bond acceptors (Lipinski definition) is 3. The molecule has 1 aliphatic heterocycles. The summed E-state index contributed by atoms with van der Waals surface area (Å²) >= 11 is 0. The van der Waals surface area contributed by atoms with Crippen molar-refractivity contribution in [1.29, 1.82) is 0 Å². The number of benzene rings is 5. The molecular weight excluding hydrogens is 506 g/mol. The minimum Gasteiger partial charge on any atom is -0.308 e. The molecule has 3 nitrogen and oxygen atoms in total. The molecule has 1 aromatic heterocycles. The fourth-order valence-corrected chi connectivity index (χ4v) is 7.98. The maximum absolute atomic E-state index is 5.07. The highest BCUT2D eigenvalue weighted by atomic mass is 32.3. The summed E-state index contributed by atoms with van der Waals surface area (Å²) in [6.45, 7) is 0. The van der Waals surface area contributed by atoms with Crippen LogP contribution in [0.25, 0.3) is 33.9 Å². The first-order chi connectivity index (χ1) is 19.6. The van der Waals surface area contributed by atoms with Gasteiger partial charge in [0.2, 0.25) is 0 Å². The Balaban J connectivity index is 1.40. The summed E-state index contributed by atoms with van der Waals surface area (Å²) in [7, 11) is -1.14. The van der Waals surface area contributed by atoms with E-state index in [1.807, 2.05) is 24.3 Å². The number of fused-ring (bicyclic) bond motifs is 2. The van der Waals surface area contributed by atoms with Crippen LogP contribution in [0.15, 0.2) is 149 Å². The van der Waals surface area contributed by atoms with Crippen molar-refractivity contribution in [3.05, 3.63) is 140 Å². The fourth-order valence-electron chi connectivity index (χ4n) is 5.55. The van der Waals surface area contributed by atoms with E-state index in [0.717, 1.165) is 39.6 Å². The van der Waals surface area contributed by atoms with Crippen LogP contribution in [0, 0.1) is 0 Å². The van der Waals surface area contributed by atoms with E-state index in [-0.39, 0.29) is 0 Å². The topological polar surface area (TPSA) is 29.0 Å². The Labute approximate surface area is 237 Å². The first kappa shape index (κ1) is 24.4. The minimum atomic E-state index is -1.14. The second kappa shape index (κ2) is 9.82. The van der Waals surface area contributed by atoms with Gasteiger partial charge in [0.1, 0.15) is 0 Å². The summed E-state index contributed by atoms with van der Waals surface area (Å²) in [5.41, 5.74) is 8.56. The lowest BCUT2D eigenvalue weighted by Gasteiger charge is -2.45. The summed E-state index contributed by atoms with van der Waals surface area (Å²) in [5.74, 6) is 0.723. The average molecular weight is 536 g/mol. The molecule has 6 aromatic rings. The summed E-state index contributed by atoms with van der Waals surface area (Å²) in [6, 6.07) is 49.1. The van der Waals surface area contributed by atoms with Crippen LogP contribution in [0.2, 0.25) is 0 Å². The van der Waals surface area contributed by atoms with Crippen LogP contribution in [0.3, 0.4) is 0 Å². The second-order valence-electron chi connectivity index (χ2n) is 10.3. The van der Waals surface area contributed by atoms with Crippen molar-refractivity contribution in [3.8, 4) is 33.9 Å². The fraction of sp³-hybridized carbons (Fsp3) is 0.0556. The van der Waals surface area contributed by atoms with Crippen LogP contribution in [0.4, 0.5) is 17.1 Å². The molecule has 7 rings (SSSR count). The number of para-hydroxylation sites is 2. The lowest BCUT2D eigenvalue weighted by molar-refractivity contribution is 1.15. The number of aromatic nitrogens is 2. The van der Waals surface area contributed by atoms with Gasteiger partial charge in [0.25, 0.3) is 0 Å². The molecule has 5 aromatic carbocycles. The molecule has 0 aliphatic carbocycles. The van der Waals surface area contributed by atoms with Crippen molar-refractivity contribution >= 4 is 27.1 Å². The van der Waals surface area contributed by atoms with Crippen molar-refractivity contribution in [2.45, 2.75) is 9.79 Å². The first-order valence-corrected chi connectivity index (χ1v) is 15.9. The highest BCUT2D eigenvalue weighted by Crippen LogP contribution is 2.67. The Bertz CT molecular complexity index is 1720. The third-order valence-corrected chi connectivity index (χ3v) is 10.4. The van der Waals surface area contributed by atoms with E-state index >= 15 is 0 Å². The van der Waals surface area contributed by atoms with Crippen LogP contribution < -0.4 is 4.90 Å². The molecule has 194 valence electrons. The normalized spacial score (nSPS) is 14.2. The molecule has 0 spiro atoms. The zero-order valence-electron chi connectivity index (χ0n) is 22.5. The smallest absolute Gasteiger partial charge is 0.160 e.